The monoisotopic (exact) mass is 491 g/mol. The summed E-state index contributed by atoms with van der Waals surface area (Å²) in [7, 11) is 1.57. The van der Waals surface area contributed by atoms with E-state index < -0.39 is 17.7 Å². The smallest absolute Gasteiger partial charge is 0.300 e. The van der Waals surface area contributed by atoms with Crippen LogP contribution in [0.4, 0.5) is 5.69 Å². The van der Waals surface area contributed by atoms with E-state index in [1.807, 2.05) is 38.1 Å². The predicted molar refractivity (Wildman–Crippen MR) is 128 cm³/mol. The lowest BCUT2D eigenvalue weighted by Crippen LogP contribution is -2.30. The highest BCUT2D eigenvalue weighted by molar-refractivity contribution is 9.10. The third-order valence-electron chi connectivity index (χ3n) is 5.68. The van der Waals surface area contributed by atoms with Crippen LogP contribution < -0.4 is 9.64 Å². The third kappa shape index (κ3) is 3.71. The van der Waals surface area contributed by atoms with Gasteiger partial charge in [0.1, 0.15) is 11.5 Å². The van der Waals surface area contributed by atoms with E-state index in [0.717, 1.165) is 15.6 Å². The Labute approximate surface area is 195 Å². The van der Waals surface area contributed by atoms with E-state index in [1.165, 1.54) is 4.90 Å². The van der Waals surface area contributed by atoms with Crippen LogP contribution in [-0.2, 0) is 9.59 Å². The van der Waals surface area contributed by atoms with Crippen LogP contribution in [0.3, 0.4) is 0 Å². The molecule has 32 heavy (non-hydrogen) atoms. The Morgan fingerprint density at radius 3 is 2.28 bits per heavy atom. The molecule has 0 aromatic heterocycles. The van der Waals surface area contributed by atoms with Gasteiger partial charge in [0, 0.05) is 15.7 Å². The zero-order valence-corrected chi connectivity index (χ0v) is 19.5. The summed E-state index contributed by atoms with van der Waals surface area (Å²) in [5.74, 6) is -0.927. The summed E-state index contributed by atoms with van der Waals surface area (Å²) >= 11 is 3.45. The van der Waals surface area contributed by atoms with E-state index in [1.54, 1.807) is 49.6 Å². The van der Waals surface area contributed by atoms with Gasteiger partial charge in [0.2, 0.25) is 0 Å². The van der Waals surface area contributed by atoms with Crippen LogP contribution >= 0.6 is 15.9 Å². The van der Waals surface area contributed by atoms with Crippen molar-refractivity contribution in [2.24, 2.45) is 0 Å². The molecule has 1 amide bonds. The van der Waals surface area contributed by atoms with Gasteiger partial charge in [-0.2, -0.15) is 0 Å². The lowest BCUT2D eigenvalue weighted by molar-refractivity contribution is -0.132. The van der Waals surface area contributed by atoms with Crippen LogP contribution in [0.1, 0.15) is 28.3 Å². The van der Waals surface area contributed by atoms with Crippen LogP contribution in [0.15, 0.2) is 76.8 Å². The van der Waals surface area contributed by atoms with Crippen molar-refractivity contribution in [1.82, 2.24) is 0 Å². The number of ether oxygens (including phenoxy) is 1. The second-order valence-electron chi connectivity index (χ2n) is 7.69. The van der Waals surface area contributed by atoms with Gasteiger partial charge < -0.3 is 9.84 Å². The Balaban J connectivity index is 1.96. The number of aliphatic hydroxyl groups excluding tert-OH is 1. The summed E-state index contributed by atoms with van der Waals surface area (Å²) in [6.45, 7) is 3.78. The van der Waals surface area contributed by atoms with Gasteiger partial charge in [-0.05, 0) is 60.9 Å². The molecule has 162 valence electrons. The van der Waals surface area contributed by atoms with Crippen molar-refractivity contribution in [2.75, 3.05) is 12.0 Å². The molecule has 5 nitrogen and oxygen atoms in total. The first kappa shape index (κ1) is 21.8. The van der Waals surface area contributed by atoms with Gasteiger partial charge in [-0.25, -0.2) is 0 Å². The molecule has 1 fully saturated rings. The van der Waals surface area contributed by atoms with E-state index in [9.17, 15) is 14.7 Å². The third-order valence-corrected chi connectivity index (χ3v) is 6.57. The Hall–Kier alpha value is -3.38. The summed E-state index contributed by atoms with van der Waals surface area (Å²) in [5.41, 5.74) is 3.62. The molecule has 6 heteroatoms. The second kappa shape index (κ2) is 8.63. The Bertz CT molecular complexity index is 1250. The average molecular weight is 492 g/mol. The molecule has 4 rings (SSSR count). The van der Waals surface area contributed by atoms with Crippen LogP contribution in [-0.4, -0.2) is 23.9 Å². The molecule has 0 bridgehead atoms. The van der Waals surface area contributed by atoms with Crippen LogP contribution in [0.5, 0.6) is 5.75 Å². The minimum Gasteiger partial charge on any atom is -0.507 e. The number of hydrogen-bond donors (Lipinski definition) is 1. The Morgan fingerprint density at radius 1 is 0.969 bits per heavy atom. The number of hydrogen-bond acceptors (Lipinski definition) is 4. The number of methoxy groups -OCH3 is 1. The van der Waals surface area contributed by atoms with Gasteiger partial charge in [-0.3, -0.25) is 14.5 Å². The van der Waals surface area contributed by atoms with Gasteiger partial charge in [0.05, 0.1) is 18.7 Å². The van der Waals surface area contributed by atoms with Crippen molar-refractivity contribution in [3.8, 4) is 5.75 Å². The van der Waals surface area contributed by atoms with Crippen LogP contribution in [0, 0.1) is 13.8 Å². The fraction of sp³-hybridized carbons (Fsp3) is 0.154. The Morgan fingerprint density at radius 2 is 1.66 bits per heavy atom. The SMILES string of the molecule is COc1ccc(C2/C(=C(/O)c3ccc(Br)c(C)c3)C(=O)C(=O)N2c2ccccc2C)cc1. The quantitative estimate of drug-likeness (QED) is 0.288. The van der Waals surface area contributed by atoms with Crippen molar-refractivity contribution >= 4 is 39.1 Å². The minimum atomic E-state index is -0.772. The maximum absolute atomic E-state index is 13.2. The molecule has 1 unspecified atom stereocenters. The number of amides is 1. The fourth-order valence-electron chi connectivity index (χ4n) is 3.96. The molecule has 1 aliphatic heterocycles. The zero-order valence-electron chi connectivity index (χ0n) is 17.9. The molecule has 0 radical (unpaired) electrons. The molecular weight excluding hydrogens is 470 g/mol. The lowest BCUT2D eigenvalue weighted by atomic mass is 9.94. The summed E-state index contributed by atoms with van der Waals surface area (Å²) in [6.07, 6.45) is 0. The Kier molecular flexibility index (Phi) is 5.89. The van der Waals surface area contributed by atoms with Crippen molar-refractivity contribution < 1.29 is 19.4 Å². The summed E-state index contributed by atoms with van der Waals surface area (Å²) < 4.78 is 6.15. The van der Waals surface area contributed by atoms with Gasteiger partial charge >= 0.3 is 0 Å². The molecule has 1 aliphatic rings. The summed E-state index contributed by atoms with van der Waals surface area (Å²) in [5, 5.41) is 11.2. The van der Waals surface area contributed by atoms with E-state index in [4.69, 9.17) is 4.74 Å². The number of carbonyl (C=O) groups is 2. The van der Waals surface area contributed by atoms with Crippen molar-refractivity contribution in [1.29, 1.82) is 0 Å². The predicted octanol–water partition coefficient (Wildman–Crippen LogP) is 5.70. The van der Waals surface area contributed by atoms with Crippen molar-refractivity contribution in [3.05, 3.63) is 99.0 Å². The minimum absolute atomic E-state index is 0.0603. The van der Waals surface area contributed by atoms with Crippen molar-refractivity contribution in [3.63, 3.8) is 0 Å². The van der Waals surface area contributed by atoms with E-state index >= 15 is 0 Å². The van der Waals surface area contributed by atoms with Gasteiger partial charge in [0.25, 0.3) is 11.7 Å². The summed E-state index contributed by atoms with van der Waals surface area (Å²) in [6, 6.07) is 19.1. The first-order valence-electron chi connectivity index (χ1n) is 10.1. The normalized spacial score (nSPS) is 17.6. The molecule has 0 saturated carbocycles. The molecular formula is C26H22BrNO4. The van der Waals surface area contributed by atoms with Gasteiger partial charge in [-0.15, -0.1) is 0 Å². The maximum atomic E-state index is 13.2. The second-order valence-corrected chi connectivity index (χ2v) is 8.55. The number of anilines is 1. The molecule has 1 atom stereocenters. The highest BCUT2D eigenvalue weighted by Crippen LogP contribution is 2.43. The van der Waals surface area contributed by atoms with Crippen LogP contribution in [0.25, 0.3) is 5.76 Å². The van der Waals surface area contributed by atoms with Gasteiger partial charge in [-0.1, -0.05) is 52.3 Å². The number of rotatable bonds is 4. The topological polar surface area (TPSA) is 66.8 Å². The maximum Gasteiger partial charge on any atom is 0.300 e. The standard InChI is InChI=1S/C26H22BrNO4/c1-15-6-4-5-7-21(15)28-23(17-8-11-19(32-3)12-9-17)22(25(30)26(28)31)24(29)18-10-13-20(27)16(2)14-18/h4-14,23,29H,1-3H3/b24-22-. The van der Waals surface area contributed by atoms with E-state index in [2.05, 4.69) is 15.9 Å². The average Bonchev–Trinajstić information content (AvgIpc) is 3.06. The molecule has 3 aromatic rings. The molecule has 0 aliphatic carbocycles. The molecule has 1 heterocycles. The highest BCUT2D eigenvalue weighted by atomic mass is 79.9. The number of Topliss-reactive ketones (excluding diaryl/α,β-unsaturated/α-hetero) is 1. The van der Waals surface area contributed by atoms with Crippen molar-refractivity contribution in [2.45, 2.75) is 19.9 Å². The number of carbonyl (C=O) groups excluding carboxylic acids is 2. The molecule has 0 spiro atoms. The first-order chi connectivity index (χ1) is 15.3. The molecule has 1 N–H and O–H groups in total. The lowest BCUT2D eigenvalue weighted by Gasteiger charge is -2.27. The molecule has 1 saturated heterocycles. The van der Waals surface area contributed by atoms with E-state index in [-0.39, 0.29) is 11.3 Å². The highest BCUT2D eigenvalue weighted by Gasteiger charge is 2.47. The number of aliphatic hydroxyl groups is 1. The number of benzene rings is 3. The fourth-order valence-corrected chi connectivity index (χ4v) is 4.21. The van der Waals surface area contributed by atoms with Crippen LogP contribution in [0.2, 0.25) is 0 Å². The number of halogens is 1. The first-order valence-corrected chi connectivity index (χ1v) is 10.9. The number of para-hydroxylation sites is 1. The van der Waals surface area contributed by atoms with E-state index in [0.29, 0.717) is 22.6 Å². The number of aryl methyl sites for hydroxylation is 2. The molecule has 3 aromatic carbocycles. The summed E-state index contributed by atoms with van der Waals surface area (Å²) in [4.78, 5) is 27.9. The van der Waals surface area contributed by atoms with Gasteiger partial charge in [0.15, 0.2) is 0 Å². The number of nitrogens with zero attached hydrogens (tertiary/aromatic N) is 1. The number of ketones is 1. The zero-order chi connectivity index (χ0) is 23.0. The largest absolute Gasteiger partial charge is 0.507 e.